The van der Waals surface area contributed by atoms with Gasteiger partial charge in [0, 0.05) is 46.5 Å². The minimum atomic E-state index is -0.378. The van der Waals surface area contributed by atoms with Gasteiger partial charge in [-0.1, -0.05) is 13.0 Å². The zero-order valence-electron chi connectivity index (χ0n) is 18.3. The number of aromatic amines is 2. The summed E-state index contributed by atoms with van der Waals surface area (Å²) in [6, 6.07) is 11.5. The molecule has 7 nitrogen and oxygen atoms in total. The number of pyridine rings is 2. The van der Waals surface area contributed by atoms with Gasteiger partial charge in [-0.3, -0.25) is 10.1 Å². The van der Waals surface area contributed by atoms with E-state index in [9.17, 15) is 0 Å². The summed E-state index contributed by atoms with van der Waals surface area (Å²) in [6.45, 7) is 3.62. The van der Waals surface area contributed by atoms with Crippen LogP contribution in [0.2, 0.25) is 0 Å². The van der Waals surface area contributed by atoms with Crippen molar-refractivity contribution >= 4 is 33.4 Å². The Kier molecular flexibility index (Phi) is 5.12. The van der Waals surface area contributed by atoms with Gasteiger partial charge < -0.3 is 10.3 Å². The molecule has 5 heterocycles. The largest absolute Gasteiger partial charge is 0.321 e. The third-order valence-electron chi connectivity index (χ3n) is 5.73. The zero-order valence-corrected chi connectivity index (χ0v) is 19.1. The van der Waals surface area contributed by atoms with Crippen molar-refractivity contribution in [1.29, 1.82) is 0 Å². The molecule has 6 rings (SSSR count). The van der Waals surface area contributed by atoms with Crippen LogP contribution in [0.1, 0.15) is 12.5 Å². The average Bonchev–Trinajstić information content (AvgIpc) is 3.62. The Labute approximate surface area is 198 Å². The highest BCUT2D eigenvalue weighted by molar-refractivity contribution is 7.13. The van der Waals surface area contributed by atoms with Crippen LogP contribution in [0.15, 0.2) is 60.4 Å². The molecular weight excluding hydrogens is 449 g/mol. The van der Waals surface area contributed by atoms with Crippen LogP contribution in [-0.4, -0.2) is 36.7 Å². The fraction of sp³-hybridized carbons (Fsp3) is 0.120. The number of halogens is 1. The Morgan fingerprint density at radius 1 is 1.12 bits per heavy atom. The van der Waals surface area contributed by atoms with Gasteiger partial charge in [0.05, 0.1) is 0 Å². The van der Waals surface area contributed by atoms with E-state index in [-0.39, 0.29) is 5.82 Å². The van der Waals surface area contributed by atoms with Gasteiger partial charge in [0.1, 0.15) is 22.5 Å². The van der Waals surface area contributed by atoms with E-state index in [1.165, 1.54) is 6.07 Å². The number of hydrogen-bond donors (Lipinski definition) is 3. The van der Waals surface area contributed by atoms with Gasteiger partial charge in [-0.25, -0.2) is 14.4 Å². The van der Waals surface area contributed by atoms with Gasteiger partial charge in [-0.2, -0.15) is 5.10 Å². The van der Waals surface area contributed by atoms with E-state index in [0.29, 0.717) is 34.6 Å². The lowest BCUT2D eigenvalue weighted by Crippen LogP contribution is -2.11. The Hall–Kier alpha value is -3.95. The molecule has 0 atom stereocenters. The average molecular weight is 470 g/mol. The molecule has 0 saturated carbocycles. The van der Waals surface area contributed by atoms with Crippen LogP contribution in [0.25, 0.3) is 55.2 Å². The summed E-state index contributed by atoms with van der Waals surface area (Å²) in [5, 5.41) is 13.2. The maximum Gasteiger partial charge on any atom is 0.160 e. The van der Waals surface area contributed by atoms with Gasteiger partial charge in [-0.05, 0) is 53.4 Å². The van der Waals surface area contributed by atoms with E-state index in [1.54, 1.807) is 23.7 Å². The van der Waals surface area contributed by atoms with Crippen molar-refractivity contribution in [3.63, 3.8) is 0 Å². The van der Waals surface area contributed by atoms with Crippen molar-refractivity contribution in [1.82, 2.24) is 35.5 Å². The summed E-state index contributed by atoms with van der Waals surface area (Å²) < 4.78 is 15.1. The highest BCUT2D eigenvalue weighted by Crippen LogP contribution is 2.34. The monoisotopic (exact) mass is 469 g/mol. The molecule has 0 bridgehead atoms. The van der Waals surface area contributed by atoms with Crippen molar-refractivity contribution in [2.45, 2.75) is 13.5 Å². The maximum absolute atomic E-state index is 15.1. The van der Waals surface area contributed by atoms with E-state index in [2.05, 4.69) is 43.5 Å². The first kappa shape index (κ1) is 20.6. The van der Waals surface area contributed by atoms with Crippen LogP contribution in [0.5, 0.6) is 0 Å². The number of fused-ring (bicyclic) bond motifs is 2. The van der Waals surface area contributed by atoms with Gasteiger partial charge in [0.15, 0.2) is 11.5 Å². The first-order valence-corrected chi connectivity index (χ1v) is 11.8. The maximum atomic E-state index is 15.1. The molecule has 34 heavy (non-hydrogen) atoms. The molecule has 0 spiro atoms. The van der Waals surface area contributed by atoms with Gasteiger partial charge in [0.2, 0.25) is 0 Å². The fourth-order valence-electron chi connectivity index (χ4n) is 4.09. The molecule has 0 amide bonds. The Morgan fingerprint density at radius 3 is 2.91 bits per heavy atom. The van der Waals surface area contributed by atoms with E-state index in [4.69, 9.17) is 4.98 Å². The number of aromatic nitrogens is 6. The summed E-state index contributed by atoms with van der Waals surface area (Å²) in [7, 11) is 0. The third kappa shape index (κ3) is 3.55. The van der Waals surface area contributed by atoms with Crippen molar-refractivity contribution < 1.29 is 4.39 Å². The number of imidazole rings is 1. The summed E-state index contributed by atoms with van der Waals surface area (Å²) >= 11 is 1.64. The number of nitrogens with zero attached hydrogens (tertiary/aromatic N) is 4. The zero-order chi connectivity index (χ0) is 23.1. The van der Waals surface area contributed by atoms with Crippen LogP contribution >= 0.6 is 11.3 Å². The normalized spacial score (nSPS) is 11.6. The minimum absolute atomic E-state index is 0.336. The quantitative estimate of drug-likeness (QED) is 0.298. The van der Waals surface area contributed by atoms with Crippen LogP contribution < -0.4 is 5.32 Å². The lowest BCUT2D eigenvalue weighted by molar-refractivity contribution is 0.636. The van der Waals surface area contributed by atoms with Gasteiger partial charge in [-0.15, -0.1) is 11.3 Å². The predicted molar refractivity (Wildman–Crippen MR) is 133 cm³/mol. The highest BCUT2D eigenvalue weighted by atomic mass is 32.1. The highest BCUT2D eigenvalue weighted by Gasteiger charge is 2.19. The minimum Gasteiger partial charge on any atom is -0.321 e. The summed E-state index contributed by atoms with van der Waals surface area (Å²) in [5.74, 6) is 0.158. The molecule has 0 unspecified atom stereocenters. The first-order valence-electron chi connectivity index (χ1n) is 10.9. The van der Waals surface area contributed by atoms with Crippen LogP contribution in [0.4, 0.5) is 4.39 Å². The molecule has 6 aromatic rings. The standard InChI is InChI=1S/C25H20FN7S/c1-2-27-11-14-8-16(13-28-12-14)15-9-18-21(19(26)10-15)32-33-23(18)25-30-22-17(20-4-3-7-34-20)5-6-29-24(22)31-25/h3-10,12-13,27H,2,11H2,1H3,(H,32,33)(H,29,30,31). The number of nitrogens with one attached hydrogen (secondary N) is 3. The van der Waals surface area contributed by atoms with Crippen LogP contribution in [0.3, 0.4) is 0 Å². The Balaban J connectivity index is 1.47. The van der Waals surface area contributed by atoms with Gasteiger partial charge >= 0.3 is 0 Å². The molecule has 0 aliphatic heterocycles. The molecule has 3 N–H and O–H groups in total. The molecular formula is C25H20FN7S. The molecule has 0 saturated heterocycles. The summed E-state index contributed by atoms with van der Waals surface area (Å²) in [6.07, 6.45) is 5.32. The number of thiophene rings is 1. The second-order valence-electron chi connectivity index (χ2n) is 7.93. The van der Waals surface area contributed by atoms with Crippen molar-refractivity contribution in [3.05, 3.63) is 71.7 Å². The first-order chi connectivity index (χ1) is 16.7. The van der Waals surface area contributed by atoms with Crippen LogP contribution in [-0.2, 0) is 6.54 Å². The number of benzene rings is 1. The number of H-pyrrole nitrogens is 2. The Bertz CT molecular complexity index is 1620. The summed E-state index contributed by atoms with van der Waals surface area (Å²) in [5.41, 5.74) is 5.91. The van der Waals surface area contributed by atoms with E-state index < -0.39 is 0 Å². The molecule has 0 fully saturated rings. The lowest BCUT2D eigenvalue weighted by Gasteiger charge is -2.07. The predicted octanol–water partition coefficient (Wildman–Crippen LogP) is 5.54. The van der Waals surface area contributed by atoms with Crippen LogP contribution in [0, 0.1) is 5.82 Å². The molecule has 1 aromatic carbocycles. The lowest BCUT2D eigenvalue weighted by atomic mass is 10.0. The van der Waals surface area contributed by atoms with Crippen molar-refractivity contribution in [2.24, 2.45) is 0 Å². The fourth-order valence-corrected chi connectivity index (χ4v) is 4.84. The Morgan fingerprint density at radius 2 is 2.06 bits per heavy atom. The molecule has 0 aliphatic rings. The molecule has 0 aliphatic carbocycles. The van der Waals surface area contributed by atoms with E-state index in [1.807, 2.05) is 35.8 Å². The number of hydrogen-bond acceptors (Lipinski definition) is 6. The van der Waals surface area contributed by atoms with Crippen molar-refractivity contribution in [3.8, 4) is 33.1 Å². The summed E-state index contributed by atoms with van der Waals surface area (Å²) in [4.78, 5) is 18.0. The molecule has 168 valence electrons. The van der Waals surface area contributed by atoms with Crippen molar-refractivity contribution in [2.75, 3.05) is 6.54 Å². The van der Waals surface area contributed by atoms with E-state index in [0.717, 1.165) is 39.2 Å². The third-order valence-corrected chi connectivity index (χ3v) is 6.63. The smallest absolute Gasteiger partial charge is 0.160 e. The van der Waals surface area contributed by atoms with Gasteiger partial charge in [0.25, 0.3) is 0 Å². The SMILES string of the molecule is CCNCc1cncc(-c2cc(F)c3[nH]nc(-c4nc5c(-c6cccs6)ccnc5[nH]4)c3c2)c1. The topological polar surface area (TPSA) is 95.2 Å². The second-order valence-corrected chi connectivity index (χ2v) is 8.88. The number of rotatable bonds is 6. The second kappa shape index (κ2) is 8.44. The molecule has 5 aromatic heterocycles. The molecule has 0 radical (unpaired) electrons. The van der Waals surface area contributed by atoms with E-state index >= 15 is 4.39 Å². The molecule has 9 heteroatoms.